The topological polar surface area (TPSA) is 21.3 Å². The molecule has 0 bridgehead atoms. The predicted molar refractivity (Wildman–Crippen MR) is 84.2 cm³/mol. The van der Waals surface area contributed by atoms with Crippen LogP contribution < -0.4 is 10.1 Å². The van der Waals surface area contributed by atoms with E-state index in [-0.39, 0.29) is 0 Å². The highest BCUT2D eigenvalue weighted by molar-refractivity contribution is 5.84. The van der Waals surface area contributed by atoms with Gasteiger partial charge in [-0.05, 0) is 66.3 Å². The fourth-order valence-electron chi connectivity index (χ4n) is 2.77. The quantitative estimate of drug-likeness (QED) is 0.880. The van der Waals surface area contributed by atoms with Crippen molar-refractivity contribution in [2.24, 2.45) is 11.8 Å². The van der Waals surface area contributed by atoms with E-state index in [4.69, 9.17) is 4.74 Å². The average Bonchev–Trinajstić information content (AvgIpc) is 3.19. The van der Waals surface area contributed by atoms with E-state index >= 15 is 0 Å². The molecular weight excluding hydrogens is 246 g/mol. The van der Waals surface area contributed by atoms with Crippen LogP contribution in [-0.2, 0) is 0 Å². The third kappa shape index (κ3) is 2.80. The standard InChI is InChI=1S/C18H23NO/c1-12-8-17(12)11-19-13(2)14-4-5-16-10-18(20-3)7-6-15(16)9-14/h4-7,9-10,12-13,17,19H,8,11H2,1-3H3. The maximum atomic E-state index is 5.27. The molecule has 2 aromatic carbocycles. The van der Waals surface area contributed by atoms with Crippen LogP contribution in [0, 0.1) is 11.8 Å². The normalized spacial score (nSPS) is 22.8. The van der Waals surface area contributed by atoms with Crippen molar-refractivity contribution in [3.8, 4) is 5.75 Å². The number of fused-ring (bicyclic) bond motifs is 1. The van der Waals surface area contributed by atoms with Gasteiger partial charge in [-0.25, -0.2) is 0 Å². The molecule has 2 heteroatoms. The van der Waals surface area contributed by atoms with Crippen molar-refractivity contribution in [3.05, 3.63) is 42.0 Å². The molecule has 0 amide bonds. The lowest BCUT2D eigenvalue weighted by molar-refractivity contribution is 0.415. The number of ether oxygens (including phenoxy) is 1. The number of benzene rings is 2. The molecule has 0 saturated heterocycles. The maximum Gasteiger partial charge on any atom is 0.119 e. The van der Waals surface area contributed by atoms with Crippen LogP contribution in [0.15, 0.2) is 36.4 Å². The highest BCUT2D eigenvalue weighted by Gasteiger charge is 2.32. The van der Waals surface area contributed by atoms with Crippen LogP contribution in [0.2, 0.25) is 0 Å². The lowest BCUT2D eigenvalue weighted by Gasteiger charge is -2.15. The van der Waals surface area contributed by atoms with Gasteiger partial charge in [0.2, 0.25) is 0 Å². The number of hydrogen-bond acceptors (Lipinski definition) is 2. The second-order valence-corrected chi connectivity index (χ2v) is 6.08. The van der Waals surface area contributed by atoms with E-state index in [9.17, 15) is 0 Å². The Balaban J connectivity index is 1.74. The van der Waals surface area contributed by atoms with Crippen molar-refractivity contribution in [3.63, 3.8) is 0 Å². The Hall–Kier alpha value is -1.54. The van der Waals surface area contributed by atoms with Gasteiger partial charge in [0, 0.05) is 6.04 Å². The van der Waals surface area contributed by atoms with Gasteiger partial charge in [0.1, 0.15) is 5.75 Å². The zero-order valence-corrected chi connectivity index (χ0v) is 12.5. The highest BCUT2D eigenvalue weighted by atomic mass is 16.5. The molecular formula is C18H23NO. The Morgan fingerprint density at radius 2 is 1.90 bits per heavy atom. The van der Waals surface area contributed by atoms with Gasteiger partial charge in [0.05, 0.1) is 7.11 Å². The molecule has 3 rings (SSSR count). The molecule has 106 valence electrons. The number of hydrogen-bond donors (Lipinski definition) is 1. The van der Waals surface area contributed by atoms with Crippen LogP contribution in [0.5, 0.6) is 5.75 Å². The van der Waals surface area contributed by atoms with Gasteiger partial charge in [-0.1, -0.05) is 25.1 Å². The molecule has 2 nitrogen and oxygen atoms in total. The molecule has 1 saturated carbocycles. The van der Waals surface area contributed by atoms with Crippen molar-refractivity contribution in [1.29, 1.82) is 0 Å². The molecule has 3 atom stereocenters. The van der Waals surface area contributed by atoms with Crippen molar-refractivity contribution < 1.29 is 4.74 Å². The maximum absolute atomic E-state index is 5.27. The van der Waals surface area contributed by atoms with Gasteiger partial charge in [-0.15, -0.1) is 0 Å². The lowest BCUT2D eigenvalue weighted by Crippen LogP contribution is -2.21. The van der Waals surface area contributed by atoms with Crippen molar-refractivity contribution in [2.45, 2.75) is 26.3 Å². The summed E-state index contributed by atoms with van der Waals surface area (Å²) in [6, 6.07) is 13.3. The lowest BCUT2D eigenvalue weighted by atomic mass is 10.0. The molecule has 0 heterocycles. The van der Waals surface area contributed by atoms with Gasteiger partial charge < -0.3 is 10.1 Å². The van der Waals surface area contributed by atoms with Gasteiger partial charge in [-0.2, -0.15) is 0 Å². The summed E-state index contributed by atoms with van der Waals surface area (Å²) in [6.45, 7) is 5.72. The second kappa shape index (κ2) is 5.45. The molecule has 0 radical (unpaired) electrons. The Kier molecular flexibility index (Phi) is 3.66. The van der Waals surface area contributed by atoms with E-state index < -0.39 is 0 Å². The monoisotopic (exact) mass is 269 g/mol. The summed E-state index contributed by atoms with van der Waals surface area (Å²) >= 11 is 0. The van der Waals surface area contributed by atoms with E-state index in [0.29, 0.717) is 6.04 Å². The third-order valence-electron chi connectivity index (χ3n) is 4.53. The first-order valence-electron chi connectivity index (χ1n) is 7.48. The third-order valence-corrected chi connectivity index (χ3v) is 4.53. The van der Waals surface area contributed by atoms with E-state index in [1.165, 1.54) is 22.8 Å². The summed E-state index contributed by atoms with van der Waals surface area (Å²) in [4.78, 5) is 0. The van der Waals surface area contributed by atoms with Crippen LogP contribution in [0.1, 0.15) is 31.9 Å². The average molecular weight is 269 g/mol. The first-order chi connectivity index (χ1) is 9.67. The Morgan fingerprint density at radius 1 is 1.20 bits per heavy atom. The minimum atomic E-state index is 0.411. The Morgan fingerprint density at radius 3 is 2.60 bits per heavy atom. The van der Waals surface area contributed by atoms with Crippen LogP contribution in [0.3, 0.4) is 0 Å². The summed E-state index contributed by atoms with van der Waals surface area (Å²) < 4.78 is 5.27. The molecule has 3 unspecified atom stereocenters. The van der Waals surface area contributed by atoms with Crippen LogP contribution >= 0.6 is 0 Å². The molecule has 0 aromatic heterocycles. The molecule has 1 aliphatic carbocycles. The van der Waals surface area contributed by atoms with Gasteiger partial charge in [-0.3, -0.25) is 0 Å². The summed E-state index contributed by atoms with van der Waals surface area (Å²) in [5.41, 5.74) is 1.36. The van der Waals surface area contributed by atoms with E-state index in [1.807, 2.05) is 6.07 Å². The summed E-state index contributed by atoms with van der Waals surface area (Å²) in [7, 11) is 1.71. The molecule has 2 aromatic rings. The van der Waals surface area contributed by atoms with Crippen molar-refractivity contribution in [2.75, 3.05) is 13.7 Å². The van der Waals surface area contributed by atoms with E-state index in [1.54, 1.807) is 7.11 Å². The fourth-order valence-corrected chi connectivity index (χ4v) is 2.77. The largest absolute Gasteiger partial charge is 0.497 e. The molecule has 0 aliphatic heterocycles. The predicted octanol–water partition coefficient (Wildman–Crippen LogP) is 4.16. The number of methoxy groups -OCH3 is 1. The first-order valence-corrected chi connectivity index (χ1v) is 7.48. The molecule has 1 aliphatic rings. The molecule has 1 N–H and O–H groups in total. The molecule has 0 spiro atoms. The van der Waals surface area contributed by atoms with Crippen molar-refractivity contribution in [1.82, 2.24) is 5.32 Å². The van der Waals surface area contributed by atoms with Gasteiger partial charge >= 0.3 is 0 Å². The molecule has 20 heavy (non-hydrogen) atoms. The number of nitrogens with one attached hydrogen (secondary N) is 1. The summed E-state index contributed by atoms with van der Waals surface area (Å²) in [6.07, 6.45) is 1.39. The van der Waals surface area contributed by atoms with Gasteiger partial charge in [0.25, 0.3) is 0 Å². The Labute approximate surface area is 121 Å². The highest BCUT2D eigenvalue weighted by Crippen LogP contribution is 2.37. The van der Waals surface area contributed by atoms with Crippen molar-refractivity contribution >= 4 is 10.8 Å². The summed E-state index contributed by atoms with van der Waals surface area (Å²) in [5.74, 6) is 2.72. The molecule has 1 fully saturated rings. The summed E-state index contributed by atoms with van der Waals surface area (Å²) in [5, 5.41) is 6.16. The van der Waals surface area contributed by atoms with Crippen LogP contribution in [0.4, 0.5) is 0 Å². The van der Waals surface area contributed by atoms with Crippen LogP contribution in [-0.4, -0.2) is 13.7 Å². The van der Waals surface area contributed by atoms with Crippen LogP contribution in [0.25, 0.3) is 10.8 Å². The zero-order chi connectivity index (χ0) is 14.1. The fraction of sp³-hybridized carbons (Fsp3) is 0.444. The van der Waals surface area contributed by atoms with E-state index in [0.717, 1.165) is 24.1 Å². The Bertz CT molecular complexity index is 607. The zero-order valence-electron chi connectivity index (χ0n) is 12.5. The smallest absolute Gasteiger partial charge is 0.119 e. The van der Waals surface area contributed by atoms with E-state index in [2.05, 4.69) is 49.5 Å². The minimum Gasteiger partial charge on any atom is -0.497 e. The second-order valence-electron chi connectivity index (χ2n) is 6.08. The first kappa shape index (κ1) is 13.4. The number of rotatable bonds is 5. The SMILES string of the molecule is COc1ccc2cc(C(C)NCC3CC3C)ccc2c1. The minimum absolute atomic E-state index is 0.411. The van der Waals surface area contributed by atoms with Gasteiger partial charge in [0.15, 0.2) is 0 Å².